The quantitative estimate of drug-likeness (QED) is 0.468. The third-order valence-electron chi connectivity index (χ3n) is 2.99. The van der Waals surface area contributed by atoms with Gasteiger partial charge in [-0.1, -0.05) is 12.2 Å². The van der Waals surface area contributed by atoms with E-state index in [2.05, 4.69) is 22.8 Å². The highest BCUT2D eigenvalue weighted by molar-refractivity contribution is 7.80. The molecular weight excluding hydrogens is 196 g/mol. The average Bonchev–Trinajstić information content (AvgIpc) is 2.76. The Morgan fingerprint density at radius 3 is 2.86 bits per heavy atom. The van der Waals surface area contributed by atoms with Gasteiger partial charge >= 0.3 is 0 Å². The van der Waals surface area contributed by atoms with Gasteiger partial charge in [-0.25, -0.2) is 0 Å². The molecule has 0 amide bonds. The molecule has 0 aromatic rings. The maximum atomic E-state index is 8.62. The number of allylic oxidation sites excluding steroid dienone is 1. The van der Waals surface area contributed by atoms with Gasteiger partial charge in [0.25, 0.3) is 0 Å². The lowest BCUT2D eigenvalue weighted by Crippen LogP contribution is -2.44. The lowest BCUT2D eigenvalue weighted by Gasteiger charge is -2.21. The van der Waals surface area contributed by atoms with Gasteiger partial charge in [0.2, 0.25) is 0 Å². The summed E-state index contributed by atoms with van der Waals surface area (Å²) in [5.74, 6) is 1.42. The Kier molecular flexibility index (Phi) is 3.03. The fourth-order valence-corrected chi connectivity index (χ4v) is 2.59. The molecule has 4 heteroatoms. The van der Waals surface area contributed by atoms with Gasteiger partial charge in [-0.15, -0.1) is 0 Å². The first-order chi connectivity index (χ1) is 6.79. The van der Waals surface area contributed by atoms with Crippen molar-refractivity contribution in [2.24, 2.45) is 11.8 Å². The number of fused-ring (bicyclic) bond motifs is 2. The largest absolute Gasteiger partial charge is 0.395 e. The standard InChI is InChI=1S/C10H16N2OS/c13-4-3-11-10(14)12-9-6-7-1-2-8(9)5-7/h1-2,7-9,13H,3-6H2,(H2,11,12,14). The Labute approximate surface area is 89.6 Å². The van der Waals surface area contributed by atoms with Crippen LogP contribution in [0.2, 0.25) is 0 Å². The third kappa shape index (κ3) is 2.07. The Morgan fingerprint density at radius 1 is 1.43 bits per heavy atom. The number of hydrogen-bond acceptors (Lipinski definition) is 2. The highest BCUT2D eigenvalue weighted by Crippen LogP contribution is 2.38. The van der Waals surface area contributed by atoms with Crippen molar-refractivity contribution in [3.8, 4) is 0 Å². The number of nitrogens with one attached hydrogen (secondary N) is 2. The van der Waals surface area contributed by atoms with Gasteiger partial charge in [0.05, 0.1) is 6.61 Å². The lowest BCUT2D eigenvalue weighted by molar-refractivity contribution is 0.300. The van der Waals surface area contributed by atoms with Crippen molar-refractivity contribution < 1.29 is 5.11 Å². The van der Waals surface area contributed by atoms with Crippen LogP contribution in [0.4, 0.5) is 0 Å². The molecule has 0 radical (unpaired) electrons. The van der Waals surface area contributed by atoms with E-state index in [4.69, 9.17) is 17.3 Å². The summed E-state index contributed by atoms with van der Waals surface area (Å²) in [5.41, 5.74) is 0. The summed E-state index contributed by atoms with van der Waals surface area (Å²) in [6.45, 7) is 0.654. The topological polar surface area (TPSA) is 44.3 Å². The summed E-state index contributed by atoms with van der Waals surface area (Å²) in [6, 6.07) is 0.503. The molecule has 14 heavy (non-hydrogen) atoms. The summed E-state index contributed by atoms with van der Waals surface area (Å²) in [7, 11) is 0. The van der Waals surface area contributed by atoms with Crippen LogP contribution in [0.25, 0.3) is 0 Å². The molecule has 3 unspecified atom stereocenters. The molecular formula is C10H16N2OS. The van der Waals surface area contributed by atoms with Crippen LogP contribution in [-0.2, 0) is 0 Å². The maximum Gasteiger partial charge on any atom is 0.166 e. The van der Waals surface area contributed by atoms with E-state index in [0.29, 0.717) is 23.6 Å². The second-order valence-electron chi connectivity index (χ2n) is 4.01. The Morgan fingerprint density at radius 2 is 2.29 bits per heavy atom. The van der Waals surface area contributed by atoms with E-state index in [9.17, 15) is 0 Å². The fourth-order valence-electron chi connectivity index (χ4n) is 2.34. The van der Waals surface area contributed by atoms with Gasteiger partial charge in [0, 0.05) is 12.6 Å². The first-order valence-electron chi connectivity index (χ1n) is 5.13. The molecule has 3 nitrogen and oxygen atoms in total. The van der Waals surface area contributed by atoms with Crippen molar-refractivity contribution in [1.82, 2.24) is 10.6 Å². The van der Waals surface area contributed by atoms with Crippen molar-refractivity contribution in [3.05, 3.63) is 12.2 Å². The molecule has 0 aromatic carbocycles. The normalized spacial score (nSPS) is 33.4. The zero-order valence-corrected chi connectivity index (χ0v) is 8.89. The van der Waals surface area contributed by atoms with Gasteiger partial charge in [0.15, 0.2) is 5.11 Å². The number of aliphatic hydroxyl groups is 1. The van der Waals surface area contributed by atoms with Crippen LogP contribution < -0.4 is 10.6 Å². The lowest BCUT2D eigenvalue weighted by atomic mass is 10.0. The summed E-state index contributed by atoms with van der Waals surface area (Å²) in [6.07, 6.45) is 7.08. The smallest absolute Gasteiger partial charge is 0.166 e. The van der Waals surface area contributed by atoms with Crippen molar-refractivity contribution >= 4 is 17.3 Å². The summed E-state index contributed by atoms with van der Waals surface area (Å²) >= 11 is 5.11. The van der Waals surface area contributed by atoms with Crippen molar-refractivity contribution in [1.29, 1.82) is 0 Å². The Balaban J connectivity index is 1.76. The van der Waals surface area contributed by atoms with E-state index < -0.39 is 0 Å². The molecule has 0 saturated heterocycles. The maximum absolute atomic E-state index is 8.62. The molecule has 1 fully saturated rings. The molecule has 2 aliphatic carbocycles. The zero-order valence-electron chi connectivity index (χ0n) is 8.07. The first kappa shape index (κ1) is 9.93. The minimum atomic E-state index is 0.123. The molecule has 0 aliphatic heterocycles. The molecule has 0 heterocycles. The molecule has 1 saturated carbocycles. The monoisotopic (exact) mass is 212 g/mol. The molecule has 0 spiro atoms. The molecule has 2 aliphatic rings. The van der Waals surface area contributed by atoms with Crippen LogP contribution in [0.3, 0.4) is 0 Å². The van der Waals surface area contributed by atoms with Gasteiger partial charge in [-0.2, -0.15) is 0 Å². The number of thiocarbonyl (C=S) groups is 1. The van der Waals surface area contributed by atoms with Crippen LogP contribution in [-0.4, -0.2) is 29.4 Å². The number of hydrogen-bond donors (Lipinski definition) is 3. The van der Waals surface area contributed by atoms with Crippen LogP contribution >= 0.6 is 12.2 Å². The zero-order chi connectivity index (χ0) is 9.97. The van der Waals surface area contributed by atoms with E-state index in [-0.39, 0.29) is 6.61 Å². The van der Waals surface area contributed by atoms with E-state index in [1.807, 2.05) is 0 Å². The molecule has 2 rings (SSSR count). The van der Waals surface area contributed by atoms with E-state index in [0.717, 1.165) is 5.92 Å². The minimum Gasteiger partial charge on any atom is -0.395 e. The summed E-state index contributed by atoms with van der Waals surface area (Å²) in [4.78, 5) is 0. The number of aliphatic hydroxyl groups excluding tert-OH is 1. The van der Waals surface area contributed by atoms with Crippen LogP contribution in [0.15, 0.2) is 12.2 Å². The second kappa shape index (κ2) is 4.28. The van der Waals surface area contributed by atoms with E-state index >= 15 is 0 Å². The summed E-state index contributed by atoms with van der Waals surface area (Å²) < 4.78 is 0. The second-order valence-corrected chi connectivity index (χ2v) is 4.42. The van der Waals surface area contributed by atoms with Crippen molar-refractivity contribution in [2.75, 3.05) is 13.2 Å². The van der Waals surface area contributed by atoms with E-state index in [1.54, 1.807) is 0 Å². The van der Waals surface area contributed by atoms with Crippen molar-refractivity contribution in [2.45, 2.75) is 18.9 Å². The molecule has 3 N–H and O–H groups in total. The Bertz CT molecular complexity index is 255. The van der Waals surface area contributed by atoms with Crippen molar-refractivity contribution in [3.63, 3.8) is 0 Å². The fraction of sp³-hybridized carbons (Fsp3) is 0.700. The average molecular weight is 212 g/mol. The SMILES string of the molecule is OCCNC(=S)NC1CC2C=CC1C2. The van der Waals surface area contributed by atoms with Crippen LogP contribution in [0.5, 0.6) is 0 Å². The van der Waals surface area contributed by atoms with Gasteiger partial charge in [-0.05, 0) is 36.9 Å². The Hall–Kier alpha value is -0.610. The minimum absolute atomic E-state index is 0.123. The van der Waals surface area contributed by atoms with Crippen LogP contribution in [0.1, 0.15) is 12.8 Å². The van der Waals surface area contributed by atoms with Gasteiger partial charge in [0.1, 0.15) is 0 Å². The molecule has 78 valence electrons. The molecule has 3 atom stereocenters. The van der Waals surface area contributed by atoms with Gasteiger partial charge < -0.3 is 15.7 Å². The third-order valence-corrected chi connectivity index (χ3v) is 3.25. The predicted octanol–water partition coefficient (Wildman–Crippen LogP) is 0.407. The number of rotatable bonds is 3. The van der Waals surface area contributed by atoms with Crippen LogP contribution in [0, 0.1) is 11.8 Å². The predicted molar refractivity (Wildman–Crippen MR) is 60.0 cm³/mol. The molecule has 0 aromatic heterocycles. The van der Waals surface area contributed by atoms with E-state index in [1.165, 1.54) is 12.8 Å². The molecule has 2 bridgehead atoms. The highest BCUT2D eigenvalue weighted by Gasteiger charge is 2.35. The first-order valence-corrected chi connectivity index (χ1v) is 5.54. The summed E-state index contributed by atoms with van der Waals surface area (Å²) in [5, 5.41) is 15.6. The van der Waals surface area contributed by atoms with Gasteiger partial charge in [-0.3, -0.25) is 0 Å². The highest BCUT2D eigenvalue weighted by atomic mass is 32.1.